The third-order valence-corrected chi connectivity index (χ3v) is 5.58. The Morgan fingerprint density at radius 2 is 1.97 bits per heavy atom. The van der Waals surface area contributed by atoms with E-state index in [1.165, 1.54) is 0 Å². The molecule has 1 aromatic carbocycles. The molecule has 7 heteroatoms. The van der Waals surface area contributed by atoms with E-state index >= 15 is 0 Å². The van der Waals surface area contributed by atoms with Gasteiger partial charge in [0.2, 0.25) is 0 Å². The zero-order valence-electron chi connectivity index (χ0n) is 16.6. The molecule has 1 aliphatic rings. The Labute approximate surface area is 168 Å². The minimum Gasteiger partial charge on any atom is -0.340 e. The molecule has 7 nitrogen and oxygen atoms in total. The van der Waals surface area contributed by atoms with Gasteiger partial charge in [-0.2, -0.15) is 5.10 Å². The SMILES string of the molecule is Cc1cc(C)nc(Nc2cccc3nn4c(C5CCNCC5)cc(=O)[nH]c4c23)c1. The molecular weight excluding hydrogens is 364 g/mol. The van der Waals surface area contributed by atoms with Gasteiger partial charge in [-0.15, -0.1) is 0 Å². The molecule has 0 aliphatic carbocycles. The van der Waals surface area contributed by atoms with Crippen molar-refractivity contribution in [2.45, 2.75) is 32.6 Å². The highest BCUT2D eigenvalue weighted by Gasteiger charge is 2.21. The minimum atomic E-state index is -0.0906. The maximum atomic E-state index is 12.5. The molecule has 3 aromatic heterocycles. The second-order valence-electron chi connectivity index (χ2n) is 7.84. The molecule has 5 rings (SSSR count). The second kappa shape index (κ2) is 7.00. The molecule has 0 unspecified atom stereocenters. The lowest BCUT2D eigenvalue weighted by molar-refractivity contribution is 0.446. The van der Waals surface area contributed by atoms with Crippen molar-refractivity contribution in [2.24, 2.45) is 0 Å². The maximum Gasteiger partial charge on any atom is 0.251 e. The van der Waals surface area contributed by atoms with Gasteiger partial charge in [0, 0.05) is 17.7 Å². The minimum absolute atomic E-state index is 0.0906. The average molecular weight is 388 g/mol. The van der Waals surface area contributed by atoms with Crippen LogP contribution in [0.25, 0.3) is 16.6 Å². The van der Waals surface area contributed by atoms with E-state index in [1.807, 2.05) is 41.8 Å². The molecule has 4 heterocycles. The van der Waals surface area contributed by atoms with Crippen LogP contribution in [0.5, 0.6) is 0 Å². The lowest BCUT2D eigenvalue weighted by atomic mass is 9.94. The summed E-state index contributed by atoms with van der Waals surface area (Å²) >= 11 is 0. The van der Waals surface area contributed by atoms with Crippen LogP contribution in [0.2, 0.25) is 0 Å². The summed E-state index contributed by atoms with van der Waals surface area (Å²) in [5.74, 6) is 1.11. The van der Waals surface area contributed by atoms with Gasteiger partial charge in [0.05, 0.1) is 22.3 Å². The smallest absolute Gasteiger partial charge is 0.251 e. The summed E-state index contributed by atoms with van der Waals surface area (Å²) < 4.78 is 1.92. The average Bonchev–Trinajstić information content (AvgIpc) is 3.06. The summed E-state index contributed by atoms with van der Waals surface area (Å²) in [4.78, 5) is 20.1. The molecule has 1 aliphatic heterocycles. The number of aromatic nitrogens is 4. The maximum absolute atomic E-state index is 12.5. The summed E-state index contributed by atoms with van der Waals surface area (Å²) in [5, 5.41) is 12.6. The number of fused-ring (bicyclic) bond motifs is 3. The van der Waals surface area contributed by atoms with Gasteiger partial charge in [0.1, 0.15) is 11.5 Å². The Kier molecular flexibility index (Phi) is 4.32. The zero-order valence-corrected chi connectivity index (χ0v) is 16.6. The van der Waals surface area contributed by atoms with E-state index in [1.54, 1.807) is 6.07 Å². The fourth-order valence-corrected chi connectivity index (χ4v) is 4.34. The third kappa shape index (κ3) is 3.27. The normalized spacial score (nSPS) is 15.2. The van der Waals surface area contributed by atoms with E-state index in [2.05, 4.69) is 27.5 Å². The number of aryl methyl sites for hydroxylation is 2. The number of aromatic amines is 1. The number of hydrogen-bond acceptors (Lipinski definition) is 5. The third-order valence-electron chi connectivity index (χ3n) is 5.58. The van der Waals surface area contributed by atoms with E-state index in [0.717, 1.165) is 70.9 Å². The van der Waals surface area contributed by atoms with Crippen LogP contribution in [0.1, 0.15) is 35.7 Å². The van der Waals surface area contributed by atoms with Crippen LogP contribution in [0, 0.1) is 13.8 Å². The summed E-state index contributed by atoms with van der Waals surface area (Å²) in [6.07, 6.45) is 2.01. The first-order chi connectivity index (χ1) is 14.1. The van der Waals surface area contributed by atoms with Crippen molar-refractivity contribution >= 4 is 28.1 Å². The van der Waals surface area contributed by atoms with Gasteiger partial charge < -0.3 is 15.6 Å². The van der Waals surface area contributed by atoms with Crippen molar-refractivity contribution in [3.8, 4) is 0 Å². The Balaban J connectivity index is 1.69. The lowest BCUT2D eigenvalue weighted by Gasteiger charge is -2.23. The monoisotopic (exact) mass is 388 g/mol. The molecule has 29 heavy (non-hydrogen) atoms. The number of nitrogens with zero attached hydrogens (tertiary/aromatic N) is 3. The number of benzene rings is 1. The number of nitrogens with one attached hydrogen (secondary N) is 3. The first kappa shape index (κ1) is 17.9. The van der Waals surface area contributed by atoms with Crippen LogP contribution in [0.3, 0.4) is 0 Å². The predicted molar refractivity (Wildman–Crippen MR) is 115 cm³/mol. The van der Waals surface area contributed by atoms with Crippen LogP contribution in [-0.4, -0.2) is 32.7 Å². The Morgan fingerprint density at radius 3 is 2.76 bits per heavy atom. The summed E-state index contributed by atoms with van der Waals surface area (Å²) in [7, 11) is 0. The fourth-order valence-electron chi connectivity index (χ4n) is 4.34. The van der Waals surface area contributed by atoms with E-state index in [4.69, 9.17) is 5.10 Å². The highest BCUT2D eigenvalue weighted by Crippen LogP contribution is 2.31. The van der Waals surface area contributed by atoms with E-state index < -0.39 is 0 Å². The van der Waals surface area contributed by atoms with E-state index in [-0.39, 0.29) is 5.56 Å². The highest BCUT2D eigenvalue weighted by atomic mass is 16.1. The standard InChI is InChI=1S/C22H24N6O/c1-13-10-14(2)24-19(11-13)25-16-4-3-5-17-21(16)22-26-20(29)12-18(28(22)27-17)15-6-8-23-9-7-15/h3-5,10-12,15,23H,6-9H2,1-2H3,(H,24,25)(H,26,29). The van der Waals surface area contributed by atoms with E-state index in [9.17, 15) is 4.79 Å². The van der Waals surface area contributed by atoms with Crippen LogP contribution in [0.15, 0.2) is 41.2 Å². The van der Waals surface area contributed by atoms with Crippen LogP contribution in [-0.2, 0) is 0 Å². The summed E-state index contributed by atoms with van der Waals surface area (Å²) in [5.41, 5.74) is 5.46. The van der Waals surface area contributed by atoms with Crippen LogP contribution < -0.4 is 16.2 Å². The summed E-state index contributed by atoms with van der Waals surface area (Å²) in [6.45, 7) is 5.96. The van der Waals surface area contributed by atoms with Gasteiger partial charge in [-0.25, -0.2) is 9.50 Å². The molecule has 0 radical (unpaired) electrons. The number of H-pyrrole nitrogens is 1. The van der Waals surface area contributed by atoms with Gasteiger partial charge in [0.25, 0.3) is 5.56 Å². The molecule has 1 fully saturated rings. The number of pyridine rings is 1. The van der Waals surface area contributed by atoms with Crippen molar-refractivity contribution in [3.05, 3.63) is 63.7 Å². The molecule has 4 aromatic rings. The molecular formula is C22H24N6O. The first-order valence-corrected chi connectivity index (χ1v) is 10.1. The van der Waals surface area contributed by atoms with Gasteiger partial charge in [-0.1, -0.05) is 6.07 Å². The lowest BCUT2D eigenvalue weighted by Crippen LogP contribution is -2.28. The largest absolute Gasteiger partial charge is 0.340 e. The molecule has 1 saturated heterocycles. The molecule has 0 saturated carbocycles. The van der Waals surface area contributed by atoms with Gasteiger partial charge in [-0.3, -0.25) is 4.79 Å². The second-order valence-corrected chi connectivity index (χ2v) is 7.84. The van der Waals surface area contributed by atoms with E-state index in [0.29, 0.717) is 5.92 Å². The molecule has 3 N–H and O–H groups in total. The first-order valence-electron chi connectivity index (χ1n) is 10.1. The Bertz CT molecular complexity index is 1250. The number of piperidine rings is 1. The predicted octanol–water partition coefficient (Wildman–Crippen LogP) is 3.40. The Hall–Kier alpha value is -3.19. The molecule has 0 bridgehead atoms. The molecule has 0 spiro atoms. The van der Waals surface area contributed by atoms with Crippen LogP contribution >= 0.6 is 0 Å². The quantitative estimate of drug-likeness (QED) is 0.501. The van der Waals surface area contributed by atoms with Gasteiger partial charge >= 0.3 is 0 Å². The van der Waals surface area contributed by atoms with Crippen molar-refractivity contribution in [2.75, 3.05) is 18.4 Å². The Morgan fingerprint density at radius 1 is 1.14 bits per heavy atom. The molecule has 0 amide bonds. The topological polar surface area (TPSA) is 87.1 Å². The molecule has 148 valence electrons. The van der Waals surface area contributed by atoms with Crippen molar-refractivity contribution in [3.63, 3.8) is 0 Å². The van der Waals surface area contributed by atoms with Gasteiger partial charge in [-0.05, 0) is 69.6 Å². The van der Waals surface area contributed by atoms with Crippen molar-refractivity contribution in [1.29, 1.82) is 0 Å². The zero-order chi connectivity index (χ0) is 20.0. The van der Waals surface area contributed by atoms with Crippen LogP contribution in [0.4, 0.5) is 11.5 Å². The van der Waals surface area contributed by atoms with Crippen molar-refractivity contribution < 1.29 is 0 Å². The van der Waals surface area contributed by atoms with Crippen molar-refractivity contribution in [1.82, 2.24) is 24.9 Å². The number of anilines is 2. The summed E-state index contributed by atoms with van der Waals surface area (Å²) in [6, 6.07) is 11.7. The van der Waals surface area contributed by atoms with Gasteiger partial charge in [0.15, 0.2) is 0 Å². The number of hydrogen-bond donors (Lipinski definition) is 3. The highest BCUT2D eigenvalue weighted by molar-refractivity contribution is 6.03. The fraction of sp³-hybridized carbons (Fsp3) is 0.318. The molecule has 0 atom stereocenters. The number of rotatable bonds is 3.